The lowest BCUT2D eigenvalue weighted by Gasteiger charge is -2.15. The number of anilines is 2. The molecule has 1 heterocycles. The van der Waals surface area contributed by atoms with Crippen LogP contribution >= 0.6 is 0 Å². The molecular weight excluding hydrogens is 384 g/mol. The molecule has 154 valence electrons. The van der Waals surface area contributed by atoms with Crippen molar-refractivity contribution in [2.45, 2.75) is 26.4 Å². The number of carbonyl (C=O) groups is 2. The van der Waals surface area contributed by atoms with Gasteiger partial charge in [-0.15, -0.1) is 0 Å². The maximum Gasteiger partial charge on any atom is 0.358 e. The molecular formula is C22H22N4O4. The first-order chi connectivity index (χ1) is 14.3. The molecule has 0 saturated heterocycles. The van der Waals surface area contributed by atoms with E-state index in [2.05, 4.69) is 15.3 Å². The van der Waals surface area contributed by atoms with E-state index in [1.807, 2.05) is 19.9 Å². The number of carboxylic acid groups (broad SMARTS) is 1. The molecule has 2 aromatic carbocycles. The Balaban J connectivity index is 1.86. The lowest BCUT2D eigenvalue weighted by molar-refractivity contribution is -0.124. The van der Waals surface area contributed by atoms with E-state index in [0.29, 0.717) is 28.9 Å². The summed E-state index contributed by atoms with van der Waals surface area (Å²) in [6.45, 7) is 3.81. The van der Waals surface area contributed by atoms with E-state index in [4.69, 9.17) is 5.73 Å². The highest BCUT2D eigenvalue weighted by atomic mass is 16.4. The zero-order chi connectivity index (χ0) is 21.8. The predicted octanol–water partition coefficient (Wildman–Crippen LogP) is 2.97. The first kappa shape index (κ1) is 20.9. The quantitative estimate of drug-likeness (QED) is 0.493. The minimum atomic E-state index is -1.30. The second kappa shape index (κ2) is 8.71. The molecule has 1 unspecified atom stereocenters. The topological polar surface area (TPSA) is 138 Å². The third kappa shape index (κ3) is 4.44. The number of rotatable bonds is 6. The van der Waals surface area contributed by atoms with Gasteiger partial charge in [0.15, 0.2) is 17.6 Å². The predicted molar refractivity (Wildman–Crippen MR) is 113 cm³/mol. The van der Waals surface area contributed by atoms with Gasteiger partial charge in [0.1, 0.15) is 0 Å². The van der Waals surface area contributed by atoms with Crippen molar-refractivity contribution in [3.05, 3.63) is 71.0 Å². The number of aromatic carboxylic acids is 1. The number of nitrogens with two attached hydrogens (primary N) is 1. The van der Waals surface area contributed by atoms with E-state index >= 15 is 0 Å². The fourth-order valence-electron chi connectivity index (χ4n) is 3.10. The van der Waals surface area contributed by atoms with Gasteiger partial charge in [-0.25, -0.2) is 14.8 Å². The van der Waals surface area contributed by atoms with Gasteiger partial charge in [-0.2, -0.15) is 0 Å². The number of benzene rings is 2. The number of aryl methyl sites for hydroxylation is 2. The van der Waals surface area contributed by atoms with Crippen LogP contribution in [0.25, 0.3) is 11.3 Å². The molecule has 1 atom stereocenters. The van der Waals surface area contributed by atoms with Crippen LogP contribution in [0.3, 0.4) is 0 Å². The Labute approximate surface area is 173 Å². The van der Waals surface area contributed by atoms with Crippen LogP contribution in [0.5, 0.6) is 0 Å². The third-order valence-electron chi connectivity index (χ3n) is 4.64. The van der Waals surface area contributed by atoms with Crippen LogP contribution in [0.2, 0.25) is 0 Å². The zero-order valence-electron chi connectivity index (χ0n) is 16.6. The first-order valence-corrected chi connectivity index (χ1v) is 9.34. The molecule has 3 aromatic rings. The summed E-state index contributed by atoms with van der Waals surface area (Å²) >= 11 is 0. The largest absolute Gasteiger partial charge is 0.476 e. The van der Waals surface area contributed by atoms with E-state index in [-0.39, 0.29) is 11.5 Å². The summed E-state index contributed by atoms with van der Waals surface area (Å²) in [5.74, 6) is -1.96. The van der Waals surface area contributed by atoms with E-state index in [9.17, 15) is 19.8 Å². The summed E-state index contributed by atoms with van der Waals surface area (Å²) in [7, 11) is 0. The highest BCUT2D eigenvalue weighted by Gasteiger charge is 2.19. The fraction of sp³-hybridized carbons (Fsp3) is 0.182. The zero-order valence-corrected chi connectivity index (χ0v) is 16.6. The molecule has 1 aromatic heterocycles. The van der Waals surface area contributed by atoms with Crippen LogP contribution in [0.1, 0.15) is 40.2 Å². The first-order valence-electron chi connectivity index (χ1n) is 9.34. The summed E-state index contributed by atoms with van der Waals surface area (Å²) < 4.78 is 0. The molecule has 8 nitrogen and oxygen atoms in total. The minimum Gasteiger partial charge on any atom is -0.476 e. The summed E-state index contributed by atoms with van der Waals surface area (Å²) in [5, 5.41) is 22.3. The van der Waals surface area contributed by atoms with Crippen LogP contribution in [0.15, 0.2) is 48.7 Å². The number of nitrogens with one attached hydrogen (secondary N) is 1. The molecule has 0 aliphatic carbocycles. The van der Waals surface area contributed by atoms with Gasteiger partial charge in [-0.3, -0.25) is 4.79 Å². The number of carboxylic acids is 1. The Morgan fingerprint density at radius 1 is 1.20 bits per heavy atom. The smallest absolute Gasteiger partial charge is 0.358 e. The van der Waals surface area contributed by atoms with E-state index in [0.717, 1.165) is 11.1 Å². The second-order valence-corrected chi connectivity index (χ2v) is 6.83. The highest BCUT2D eigenvalue weighted by Crippen LogP contribution is 2.27. The second-order valence-electron chi connectivity index (χ2n) is 6.83. The summed E-state index contributed by atoms with van der Waals surface area (Å²) in [5.41, 5.74) is 9.12. The molecule has 8 heteroatoms. The van der Waals surface area contributed by atoms with Gasteiger partial charge in [0.25, 0.3) is 5.91 Å². The van der Waals surface area contributed by atoms with Gasteiger partial charge in [-0.1, -0.05) is 42.8 Å². The average Bonchev–Trinajstić information content (AvgIpc) is 2.73. The normalized spacial score (nSPS) is 11.7. The molecule has 0 saturated carbocycles. The Morgan fingerprint density at radius 3 is 2.63 bits per heavy atom. The van der Waals surface area contributed by atoms with Gasteiger partial charge < -0.3 is 21.3 Å². The van der Waals surface area contributed by atoms with E-state index in [1.54, 1.807) is 36.4 Å². The van der Waals surface area contributed by atoms with Crippen molar-refractivity contribution in [1.29, 1.82) is 0 Å². The van der Waals surface area contributed by atoms with Crippen molar-refractivity contribution in [3.63, 3.8) is 0 Å². The van der Waals surface area contributed by atoms with Gasteiger partial charge in [0, 0.05) is 11.3 Å². The Morgan fingerprint density at radius 2 is 1.97 bits per heavy atom. The Bertz CT molecular complexity index is 1110. The van der Waals surface area contributed by atoms with Gasteiger partial charge in [-0.05, 0) is 36.6 Å². The van der Waals surface area contributed by atoms with Crippen LogP contribution in [0, 0.1) is 6.92 Å². The molecule has 0 radical (unpaired) electrons. The molecule has 30 heavy (non-hydrogen) atoms. The van der Waals surface area contributed by atoms with Gasteiger partial charge in [0.2, 0.25) is 0 Å². The van der Waals surface area contributed by atoms with E-state index in [1.165, 1.54) is 6.20 Å². The molecule has 0 bridgehead atoms. The Kier molecular flexibility index (Phi) is 6.08. The van der Waals surface area contributed by atoms with Crippen molar-refractivity contribution < 1.29 is 19.8 Å². The molecule has 0 spiro atoms. The molecule has 3 rings (SSSR count). The van der Waals surface area contributed by atoms with E-state index < -0.39 is 18.0 Å². The van der Waals surface area contributed by atoms with Crippen LogP contribution in [0.4, 0.5) is 11.5 Å². The number of aromatic nitrogens is 2. The number of hydrogen-bond donors (Lipinski definition) is 4. The number of aliphatic hydroxyl groups excluding tert-OH is 1. The monoisotopic (exact) mass is 406 g/mol. The highest BCUT2D eigenvalue weighted by molar-refractivity contribution is 5.95. The lowest BCUT2D eigenvalue weighted by atomic mass is 10.0. The third-order valence-corrected chi connectivity index (χ3v) is 4.64. The number of amides is 1. The number of nitrogens with zero attached hydrogens (tertiary/aromatic N) is 2. The van der Waals surface area contributed by atoms with Crippen LogP contribution in [-0.4, -0.2) is 32.1 Å². The molecule has 0 aliphatic rings. The molecule has 0 aliphatic heterocycles. The average molecular weight is 406 g/mol. The SMILES string of the molecule is CCc1cc(NC(=O)C(O)c2cccc(C)c2)ccc1-c1cnc(N)c(C(=O)O)n1. The lowest BCUT2D eigenvalue weighted by Crippen LogP contribution is -2.21. The van der Waals surface area contributed by atoms with Crippen LogP contribution in [-0.2, 0) is 11.2 Å². The molecule has 0 fully saturated rings. The van der Waals surface area contributed by atoms with Crippen molar-refractivity contribution in [2.75, 3.05) is 11.1 Å². The number of aliphatic hydroxyl groups is 1. The number of hydrogen-bond acceptors (Lipinski definition) is 6. The standard InChI is InChI=1S/C22H22N4O4/c1-3-13-10-15(25-21(28)19(27)14-6-4-5-12(2)9-14)7-8-16(13)17-11-24-20(23)18(26-17)22(29)30/h4-11,19,27H,3H2,1-2H3,(H2,23,24)(H,25,28)(H,29,30). The number of carbonyl (C=O) groups excluding carboxylic acids is 1. The van der Waals surface area contributed by atoms with Crippen LogP contribution < -0.4 is 11.1 Å². The van der Waals surface area contributed by atoms with Crippen molar-refractivity contribution in [3.8, 4) is 11.3 Å². The van der Waals surface area contributed by atoms with Crippen molar-refractivity contribution in [2.24, 2.45) is 0 Å². The van der Waals surface area contributed by atoms with Crippen molar-refractivity contribution in [1.82, 2.24) is 9.97 Å². The van der Waals surface area contributed by atoms with Crippen molar-refractivity contribution >= 4 is 23.4 Å². The molecule has 1 amide bonds. The minimum absolute atomic E-state index is 0.154. The molecule has 5 N–H and O–H groups in total. The van der Waals surface area contributed by atoms with Gasteiger partial charge in [0.05, 0.1) is 11.9 Å². The summed E-state index contributed by atoms with van der Waals surface area (Å²) in [6.07, 6.45) is 0.722. The van der Waals surface area contributed by atoms with Gasteiger partial charge >= 0.3 is 5.97 Å². The fourth-order valence-corrected chi connectivity index (χ4v) is 3.10. The Hall–Kier alpha value is -3.78. The summed E-state index contributed by atoms with van der Waals surface area (Å²) in [4.78, 5) is 31.8. The number of nitrogen functional groups attached to an aromatic ring is 1. The summed E-state index contributed by atoms with van der Waals surface area (Å²) in [6, 6.07) is 12.3. The maximum atomic E-state index is 12.5. The maximum absolute atomic E-state index is 12.5.